The van der Waals surface area contributed by atoms with Crippen molar-refractivity contribution in [2.45, 2.75) is 82.3 Å². The Hall–Kier alpha value is -13.4. The van der Waals surface area contributed by atoms with Gasteiger partial charge in [-0.2, -0.15) is 9.97 Å². The minimum atomic E-state index is 0.280. The predicted molar refractivity (Wildman–Crippen MR) is 426 cm³/mol. The average molecular weight is 1460 g/mol. The summed E-state index contributed by atoms with van der Waals surface area (Å²) in [6, 6.07) is 49.5. The number of hydrogen-bond acceptors (Lipinski definition) is 16. The number of furan rings is 6. The van der Waals surface area contributed by atoms with E-state index in [4.69, 9.17) is 39.8 Å². The monoisotopic (exact) mass is 1460 g/mol. The molecule has 5 aromatic carbocycles. The minimum Gasteiger partial charge on any atom is -0.452 e. The molecule has 0 amide bonds. The first-order valence-electron chi connectivity index (χ1n) is 36.5. The lowest BCUT2D eigenvalue weighted by atomic mass is 10.0. The molecule has 0 fully saturated rings. The van der Waals surface area contributed by atoms with Crippen LogP contribution in [0.25, 0.3) is 167 Å². The van der Waals surface area contributed by atoms with E-state index in [0.29, 0.717) is 46.4 Å². The number of oxazole rings is 3. The van der Waals surface area contributed by atoms with Crippen LogP contribution in [0, 0.1) is 69.2 Å². The fourth-order valence-electron chi connectivity index (χ4n) is 15.1. The number of imidazole rings is 1. The van der Waals surface area contributed by atoms with E-state index in [1.807, 2.05) is 154 Å². The molecule has 0 saturated carbocycles. The van der Waals surface area contributed by atoms with Gasteiger partial charge >= 0.3 is 11.6 Å². The SMILES string of the molecule is Cc1ccc2c(n1)oc1c3cc(C)c(N4C=CN(C)[C@@H]4C)cc3oc21.Cc1ccc2c(oc3nc(C)n(C)c32)c1-c1cccc[n+]1C.Cc1nc2c(o1)oc1c(-c3cccc[n+]3C)c(C)ccc12.Cc1nc2c(o1)oc1c(-c3cccc[n+]3C)c(C)ccc12.Cc1nc2oc3c(-c4cccc[n+]4C)c(C)ccc3c2o1. The van der Waals surface area contributed by atoms with Crippen molar-refractivity contribution in [2.75, 3.05) is 11.9 Å². The fraction of sp³-hybridized carbons (Fsp3) is 0.202. The van der Waals surface area contributed by atoms with Crippen molar-refractivity contribution in [1.82, 2.24) is 34.4 Å². The molecule has 15 aromatic heterocycles. The summed E-state index contributed by atoms with van der Waals surface area (Å²) in [7, 11) is 12.3. The summed E-state index contributed by atoms with van der Waals surface area (Å²) in [6.07, 6.45) is 12.6. The Morgan fingerprint density at radius 1 is 0.345 bits per heavy atom. The second-order valence-electron chi connectivity index (χ2n) is 28.5. The van der Waals surface area contributed by atoms with E-state index in [-0.39, 0.29) is 6.17 Å². The zero-order valence-corrected chi connectivity index (χ0v) is 64.4. The second-order valence-corrected chi connectivity index (χ2v) is 28.5. The van der Waals surface area contributed by atoms with Gasteiger partial charge in [0.2, 0.25) is 39.8 Å². The zero-order chi connectivity index (χ0) is 76.4. The third-order valence-electron chi connectivity index (χ3n) is 21.0. The molecule has 1 aliphatic rings. The van der Waals surface area contributed by atoms with Crippen LogP contribution >= 0.6 is 0 Å². The van der Waals surface area contributed by atoms with Gasteiger partial charge in [0.15, 0.2) is 87.0 Å². The lowest BCUT2D eigenvalue weighted by Gasteiger charge is -2.28. The zero-order valence-electron chi connectivity index (χ0n) is 64.4. The highest BCUT2D eigenvalue weighted by molar-refractivity contribution is 6.13. The lowest BCUT2D eigenvalue weighted by molar-refractivity contribution is -0.660. The summed E-state index contributed by atoms with van der Waals surface area (Å²) in [4.78, 5) is 26.6. The Balaban J connectivity index is 0.000000100. The van der Waals surface area contributed by atoms with Crippen LogP contribution in [-0.4, -0.2) is 47.6 Å². The normalized spacial score (nSPS) is 13.0. The molecule has 1 atom stereocenters. The summed E-state index contributed by atoms with van der Waals surface area (Å²) in [5, 5.41) is 5.98. The lowest BCUT2D eigenvalue weighted by Crippen LogP contribution is -2.33. The molecule has 0 aliphatic carbocycles. The Labute approximate surface area is 631 Å². The largest absolute Gasteiger partial charge is 0.452 e. The number of benzene rings is 5. The maximum absolute atomic E-state index is 6.16. The number of pyridine rings is 5. The van der Waals surface area contributed by atoms with Crippen LogP contribution < -0.4 is 23.2 Å². The Bertz CT molecular complexity index is 6690. The smallest absolute Gasteiger partial charge is 0.319 e. The first kappa shape index (κ1) is 69.6. The van der Waals surface area contributed by atoms with Gasteiger partial charge < -0.3 is 54.1 Å². The third-order valence-corrected chi connectivity index (χ3v) is 21.0. The van der Waals surface area contributed by atoms with Gasteiger partial charge in [0.1, 0.15) is 51.3 Å². The standard InChI is InChI=1S/C20H19N3O2.C18H18N3O.3C17H15N2O2/c1-11-9-15-17(10-16(11)23-8-7-22(4)13(23)3)24-18-14-6-5-12(2)21-20(14)25-19(15)18;1-11-8-9-13-16-18(19-12(2)21(16)4)22-17(13)15(11)14-7-5-6-10-20(14)3;2*1-10-7-8-12-15-17(20-11(2)18-15)21-16(12)14(10)13-6-4-5-9-19(13)3;1-10-7-8-12-15(21-17-16(12)20-11(2)18-17)14(10)13-6-4-5-9-19(13)3/h5-10,13H,1-4H3;5-10H,1-4H3;3*4-9H,1-3H3/q;4*+1/t13-;;;;/m0..../s1. The highest BCUT2D eigenvalue weighted by Crippen LogP contribution is 2.44. The van der Waals surface area contributed by atoms with E-state index in [1.54, 1.807) is 0 Å². The maximum Gasteiger partial charge on any atom is 0.319 e. The molecule has 0 saturated heterocycles. The topological polar surface area (TPSA) is 210 Å². The Morgan fingerprint density at radius 2 is 0.782 bits per heavy atom. The summed E-state index contributed by atoms with van der Waals surface area (Å²) in [6.45, 7) is 22.1. The molecule has 0 radical (unpaired) electrons. The van der Waals surface area contributed by atoms with Crippen molar-refractivity contribution in [3.05, 3.63) is 240 Å². The van der Waals surface area contributed by atoms with Crippen LogP contribution in [-0.2, 0) is 35.2 Å². The molecule has 21 nitrogen and oxygen atoms in total. The molecular formula is C89H82N12O9+4. The van der Waals surface area contributed by atoms with Crippen molar-refractivity contribution >= 4 is 128 Å². The molecule has 21 rings (SSSR count). The van der Waals surface area contributed by atoms with Gasteiger partial charge in [-0.15, -0.1) is 0 Å². The fourth-order valence-corrected chi connectivity index (χ4v) is 15.1. The van der Waals surface area contributed by atoms with Crippen LogP contribution in [0.2, 0.25) is 0 Å². The summed E-state index contributed by atoms with van der Waals surface area (Å²) in [5.74, 6) is 3.82. The van der Waals surface area contributed by atoms with Gasteiger partial charge in [-0.1, -0.05) is 24.3 Å². The van der Waals surface area contributed by atoms with Crippen molar-refractivity contribution in [1.29, 1.82) is 0 Å². The molecule has 1 aliphatic heterocycles. The molecule has 0 unspecified atom stereocenters. The van der Waals surface area contributed by atoms with Gasteiger partial charge in [0.05, 0.1) is 49.2 Å². The van der Waals surface area contributed by atoms with Crippen molar-refractivity contribution in [3.63, 3.8) is 0 Å². The van der Waals surface area contributed by atoms with E-state index >= 15 is 0 Å². The number of aryl methyl sites for hydroxylation is 15. The molecule has 20 aromatic rings. The van der Waals surface area contributed by atoms with Crippen LogP contribution in [0.5, 0.6) is 0 Å². The quantitative estimate of drug-likeness (QED) is 0.147. The molecule has 21 heteroatoms. The molecule has 16 heterocycles. The van der Waals surface area contributed by atoms with Gasteiger partial charge in [-0.3, -0.25) is 0 Å². The van der Waals surface area contributed by atoms with Crippen LogP contribution in [0.4, 0.5) is 5.69 Å². The highest BCUT2D eigenvalue weighted by atomic mass is 16.5. The number of aromatic nitrogens is 10. The van der Waals surface area contributed by atoms with Crippen molar-refractivity contribution < 1.29 is 58.0 Å². The first-order valence-corrected chi connectivity index (χ1v) is 36.5. The average Bonchev–Trinajstić information content (AvgIpc) is 1.61. The molecule has 0 spiro atoms. The highest BCUT2D eigenvalue weighted by Gasteiger charge is 2.29. The molecular weight excluding hydrogens is 1380 g/mol. The molecule has 0 bridgehead atoms. The number of anilines is 1. The molecule has 548 valence electrons. The summed E-state index contributed by atoms with van der Waals surface area (Å²) < 4.78 is 63.4. The van der Waals surface area contributed by atoms with Crippen LogP contribution in [0.3, 0.4) is 0 Å². The number of rotatable bonds is 5. The van der Waals surface area contributed by atoms with E-state index in [1.165, 1.54) is 11.1 Å². The molecule has 110 heavy (non-hydrogen) atoms. The summed E-state index contributed by atoms with van der Waals surface area (Å²) >= 11 is 0. The van der Waals surface area contributed by atoms with E-state index in [9.17, 15) is 0 Å². The predicted octanol–water partition coefficient (Wildman–Crippen LogP) is 19.4. The second kappa shape index (κ2) is 27.1. The van der Waals surface area contributed by atoms with Crippen LogP contribution in [0.1, 0.15) is 63.9 Å². The van der Waals surface area contributed by atoms with Crippen LogP contribution in [0.15, 0.2) is 223 Å². The third kappa shape index (κ3) is 11.8. The van der Waals surface area contributed by atoms with Gasteiger partial charge in [0, 0.05) is 119 Å². The van der Waals surface area contributed by atoms with E-state index in [0.717, 1.165) is 172 Å². The van der Waals surface area contributed by atoms with Gasteiger partial charge in [-0.05, 0) is 150 Å². The minimum absolute atomic E-state index is 0.280. The molecule has 0 N–H and O–H groups in total. The van der Waals surface area contributed by atoms with Gasteiger partial charge in [-0.25, -0.2) is 33.2 Å². The van der Waals surface area contributed by atoms with E-state index < -0.39 is 0 Å². The Kier molecular flexibility index (Phi) is 17.2. The number of fused-ring (bicyclic) bond motifs is 17. The van der Waals surface area contributed by atoms with E-state index in [2.05, 4.69) is 205 Å². The number of hydrogen-bond donors (Lipinski definition) is 0. The van der Waals surface area contributed by atoms with Crippen molar-refractivity contribution in [3.8, 4) is 45.0 Å². The van der Waals surface area contributed by atoms with Crippen molar-refractivity contribution in [2.24, 2.45) is 35.2 Å². The first-order chi connectivity index (χ1) is 53.0. The maximum atomic E-state index is 6.16. The number of nitrogens with zero attached hydrogens (tertiary/aromatic N) is 12. The summed E-state index contributed by atoms with van der Waals surface area (Å²) in [5.41, 5.74) is 27.9. The van der Waals surface area contributed by atoms with Gasteiger partial charge in [0.25, 0.3) is 5.71 Å². The Morgan fingerprint density at radius 3 is 1.27 bits per heavy atom.